The summed E-state index contributed by atoms with van der Waals surface area (Å²) < 4.78 is 6.34. The Morgan fingerprint density at radius 2 is 2.24 bits per heavy atom. The molecule has 3 atom stereocenters. The van der Waals surface area contributed by atoms with Crippen molar-refractivity contribution < 1.29 is 4.74 Å². The zero-order valence-corrected chi connectivity index (χ0v) is 11.7. The highest BCUT2D eigenvalue weighted by atomic mass is 79.9. The van der Waals surface area contributed by atoms with Gasteiger partial charge in [-0.1, -0.05) is 12.8 Å². The number of anilines is 1. The van der Waals surface area contributed by atoms with Crippen molar-refractivity contribution in [1.29, 1.82) is 0 Å². The highest BCUT2D eigenvalue weighted by Gasteiger charge is 2.45. The Balaban J connectivity index is 1.72. The summed E-state index contributed by atoms with van der Waals surface area (Å²) in [5.74, 6) is 2.84. The van der Waals surface area contributed by atoms with Gasteiger partial charge in [-0.05, 0) is 52.7 Å². The maximum absolute atomic E-state index is 5.33. The van der Waals surface area contributed by atoms with E-state index in [1.54, 1.807) is 7.11 Å². The van der Waals surface area contributed by atoms with E-state index in [1.807, 2.05) is 6.07 Å². The van der Waals surface area contributed by atoms with Crippen LogP contribution in [0.3, 0.4) is 0 Å². The molecule has 2 nitrogen and oxygen atoms in total. The van der Waals surface area contributed by atoms with E-state index in [0.29, 0.717) is 6.04 Å². The topological polar surface area (TPSA) is 21.3 Å². The normalized spacial score (nSPS) is 30.6. The van der Waals surface area contributed by atoms with Crippen molar-refractivity contribution in [3.05, 3.63) is 22.7 Å². The number of methoxy groups -OCH3 is 1. The van der Waals surface area contributed by atoms with Crippen LogP contribution >= 0.6 is 15.9 Å². The Kier molecular flexibility index (Phi) is 3.03. The molecular weight excluding hydrogens is 278 g/mol. The molecule has 0 radical (unpaired) electrons. The number of fused-ring (bicyclic) bond motifs is 1. The molecule has 0 spiro atoms. The van der Waals surface area contributed by atoms with Crippen molar-refractivity contribution in [2.45, 2.75) is 31.7 Å². The molecule has 2 aliphatic rings. The number of benzene rings is 1. The first-order chi connectivity index (χ1) is 8.28. The first-order valence-electron chi connectivity index (χ1n) is 6.38. The molecule has 92 valence electrons. The summed E-state index contributed by atoms with van der Waals surface area (Å²) in [4.78, 5) is 0. The molecule has 3 heteroatoms. The van der Waals surface area contributed by atoms with Crippen LogP contribution in [0.2, 0.25) is 0 Å². The molecule has 0 heterocycles. The molecule has 2 aliphatic carbocycles. The van der Waals surface area contributed by atoms with Gasteiger partial charge in [0.2, 0.25) is 0 Å². The Hall–Kier alpha value is -0.700. The molecule has 0 amide bonds. The summed E-state index contributed by atoms with van der Waals surface area (Å²) in [6.45, 7) is 0. The fourth-order valence-corrected chi connectivity index (χ4v) is 3.46. The van der Waals surface area contributed by atoms with Crippen LogP contribution in [-0.4, -0.2) is 13.2 Å². The number of ether oxygens (including phenoxy) is 1. The van der Waals surface area contributed by atoms with Gasteiger partial charge in [-0.15, -0.1) is 0 Å². The fraction of sp³-hybridized carbons (Fsp3) is 0.571. The van der Waals surface area contributed by atoms with Crippen molar-refractivity contribution in [2.24, 2.45) is 11.8 Å². The maximum Gasteiger partial charge on any atom is 0.135 e. The Labute approximate surface area is 111 Å². The number of halogens is 1. The van der Waals surface area contributed by atoms with E-state index in [4.69, 9.17) is 4.74 Å². The number of nitrogens with one attached hydrogen (secondary N) is 1. The van der Waals surface area contributed by atoms with Crippen molar-refractivity contribution in [2.75, 3.05) is 12.4 Å². The Morgan fingerprint density at radius 1 is 1.35 bits per heavy atom. The third kappa shape index (κ3) is 2.30. The van der Waals surface area contributed by atoms with Gasteiger partial charge in [-0.3, -0.25) is 0 Å². The third-order valence-electron chi connectivity index (χ3n) is 4.09. The fourth-order valence-electron chi connectivity index (χ4n) is 3.05. The first kappa shape index (κ1) is 11.4. The summed E-state index contributed by atoms with van der Waals surface area (Å²) >= 11 is 3.48. The molecule has 0 aliphatic heterocycles. The molecule has 1 N–H and O–H groups in total. The summed E-state index contributed by atoms with van der Waals surface area (Å²) in [6.07, 6.45) is 5.59. The van der Waals surface area contributed by atoms with Crippen molar-refractivity contribution in [3.8, 4) is 5.75 Å². The minimum atomic E-state index is 0.680. The van der Waals surface area contributed by atoms with Gasteiger partial charge in [0.05, 0.1) is 11.6 Å². The lowest BCUT2D eigenvalue weighted by atomic mass is 9.95. The quantitative estimate of drug-likeness (QED) is 0.908. The predicted molar refractivity (Wildman–Crippen MR) is 73.6 cm³/mol. The molecule has 3 rings (SSSR count). The molecule has 2 fully saturated rings. The molecule has 1 aromatic rings. The predicted octanol–water partition coefficient (Wildman–Crippen LogP) is 4.06. The van der Waals surface area contributed by atoms with Crippen molar-refractivity contribution >= 4 is 21.6 Å². The smallest absolute Gasteiger partial charge is 0.135 e. The average molecular weight is 296 g/mol. The second-order valence-electron chi connectivity index (χ2n) is 5.19. The zero-order valence-electron chi connectivity index (χ0n) is 10.1. The SMILES string of the molecule is COc1cc(NC2CCCC3CC32)ccc1Br. The second-order valence-corrected chi connectivity index (χ2v) is 6.05. The van der Waals surface area contributed by atoms with Crippen LogP contribution in [0.1, 0.15) is 25.7 Å². The van der Waals surface area contributed by atoms with Crippen LogP contribution in [-0.2, 0) is 0 Å². The monoisotopic (exact) mass is 295 g/mol. The van der Waals surface area contributed by atoms with Crippen molar-refractivity contribution in [3.63, 3.8) is 0 Å². The van der Waals surface area contributed by atoms with Gasteiger partial charge in [0.15, 0.2) is 0 Å². The average Bonchev–Trinajstić information content (AvgIpc) is 3.12. The number of hydrogen-bond acceptors (Lipinski definition) is 2. The van der Waals surface area contributed by atoms with Gasteiger partial charge in [0, 0.05) is 17.8 Å². The van der Waals surface area contributed by atoms with Gasteiger partial charge < -0.3 is 10.1 Å². The molecule has 2 saturated carbocycles. The molecule has 0 saturated heterocycles. The van der Waals surface area contributed by atoms with Gasteiger partial charge in [0.25, 0.3) is 0 Å². The van der Waals surface area contributed by atoms with Gasteiger partial charge in [-0.25, -0.2) is 0 Å². The Bertz CT molecular complexity index is 421. The number of hydrogen-bond donors (Lipinski definition) is 1. The standard InChI is InChI=1S/C14H18BrNO/c1-17-14-8-10(5-6-12(14)15)16-13-4-2-3-9-7-11(9)13/h5-6,8-9,11,13,16H,2-4,7H2,1H3. The van der Waals surface area contributed by atoms with E-state index in [-0.39, 0.29) is 0 Å². The van der Waals surface area contributed by atoms with E-state index in [0.717, 1.165) is 22.1 Å². The van der Waals surface area contributed by atoms with E-state index in [9.17, 15) is 0 Å². The van der Waals surface area contributed by atoms with Crippen LogP contribution < -0.4 is 10.1 Å². The van der Waals surface area contributed by atoms with E-state index in [2.05, 4.69) is 33.4 Å². The van der Waals surface area contributed by atoms with E-state index >= 15 is 0 Å². The van der Waals surface area contributed by atoms with Crippen LogP contribution in [0.5, 0.6) is 5.75 Å². The van der Waals surface area contributed by atoms with Crippen LogP contribution in [0.15, 0.2) is 22.7 Å². The minimum Gasteiger partial charge on any atom is -0.495 e. The van der Waals surface area contributed by atoms with E-state index in [1.165, 1.54) is 31.4 Å². The summed E-state index contributed by atoms with van der Waals surface area (Å²) in [6, 6.07) is 6.93. The van der Waals surface area contributed by atoms with Crippen LogP contribution in [0.4, 0.5) is 5.69 Å². The second kappa shape index (κ2) is 4.52. The van der Waals surface area contributed by atoms with Crippen molar-refractivity contribution in [1.82, 2.24) is 0 Å². The number of rotatable bonds is 3. The largest absolute Gasteiger partial charge is 0.495 e. The minimum absolute atomic E-state index is 0.680. The lowest BCUT2D eigenvalue weighted by Gasteiger charge is -2.24. The van der Waals surface area contributed by atoms with Gasteiger partial charge in [-0.2, -0.15) is 0 Å². The summed E-state index contributed by atoms with van der Waals surface area (Å²) in [5, 5.41) is 3.67. The Morgan fingerprint density at radius 3 is 3.06 bits per heavy atom. The van der Waals surface area contributed by atoms with Crippen LogP contribution in [0.25, 0.3) is 0 Å². The van der Waals surface area contributed by atoms with Gasteiger partial charge in [0.1, 0.15) is 5.75 Å². The maximum atomic E-state index is 5.33. The van der Waals surface area contributed by atoms with Gasteiger partial charge >= 0.3 is 0 Å². The third-order valence-corrected chi connectivity index (χ3v) is 4.74. The molecular formula is C14H18BrNO. The summed E-state index contributed by atoms with van der Waals surface area (Å²) in [7, 11) is 1.71. The van der Waals surface area contributed by atoms with E-state index < -0.39 is 0 Å². The lowest BCUT2D eigenvalue weighted by molar-refractivity contribution is 0.411. The lowest BCUT2D eigenvalue weighted by Crippen LogP contribution is -2.25. The highest BCUT2D eigenvalue weighted by Crippen LogP contribution is 2.50. The first-order valence-corrected chi connectivity index (χ1v) is 7.17. The molecule has 0 aromatic heterocycles. The summed E-state index contributed by atoms with van der Waals surface area (Å²) in [5.41, 5.74) is 1.18. The highest BCUT2D eigenvalue weighted by molar-refractivity contribution is 9.10. The molecule has 0 bridgehead atoms. The zero-order chi connectivity index (χ0) is 11.8. The van der Waals surface area contributed by atoms with Crippen LogP contribution in [0, 0.1) is 11.8 Å². The molecule has 1 aromatic carbocycles. The molecule has 17 heavy (non-hydrogen) atoms. The molecule has 3 unspecified atom stereocenters.